The SMILES string of the molecule is CCN(CC)c1onc(-c2ccccc2)c1CN(Cc1ccccc1)C(=O)c1ccccc1F. The maximum absolute atomic E-state index is 14.6. The van der Waals surface area contributed by atoms with E-state index >= 15 is 0 Å². The Morgan fingerprint density at radius 1 is 0.853 bits per heavy atom. The van der Waals surface area contributed by atoms with Crippen LogP contribution < -0.4 is 4.90 Å². The molecule has 0 saturated carbocycles. The molecule has 0 saturated heterocycles. The number of amides is 1. The van der Waals surface area contributed by atoms with Crippen molar-refractivity contribution >= 4 is 11.8 Å². The molecule has 0 aliphatic rings. The third kappa shape index (κ3) is 5.01. The number of anilines is 1. The highest BCUT2D eigenvalue weighted by molar-refractivity contribution is 5.94. The number of hydrogen-bond acceptors (Lipinski definition) is 4. The van der Waals surface area contributed by atoms with Crippen LogP contribution in [0.5, 0.6) is 0 Å². The summed E-state index contributed by atoms with van der Waals surface area (Å²) in [5, 5.41) is 4.38. The zero-order chi connectivity index (χ0) is 23.9. The van der Waals surface area contributed by atoms with Crippen LogP contribution in [-0.4, -0.2) is 29.1 Å². The molecule has 0 fully saturated rings. The predicted molar refractivity (Wildman–Crippen MR) is 132 cm³/mol. The number of aromatic nitrogens is 1. The van der Waals surface area contributed by atoms with Crippen molar-refractivity contribution in [3.05, 3.63) is 107 Å². The van der Waals surface area contributed by atoms with E-state index in [0.717, 1.165) is 29.8 Å². The molecule has 0 aliphatic carbocycles. The number of nitrogens with zero attached hydrogens (tertiary/aromatic N) is 3. The summed E-state index contributed by atoms with van der Waals surface area (Å²) in [5.74, 6) is -0.293. The number of carbonyl (C=O) groups excluding carboxylic acids is 1. The standard InChI is InChI=1S/C28H28FN3O2/c1-3-31(4-2)28-24(26(30-34-28)22-15-9-6-10-16-22)20-32(19-21-13-7-5-8-14-21)27(33)23-17-11-12-18-25(23)29/h5-18H,3-4,19-20H2,1-2H3. The molecule has 0 aliphatic heterocycles. The van der Waals surface area contributed by atoms with Crippen LogP contribution in [0, 0.1) is 5.82 Å². The van der Waals surface area contributed by atoms with Gasteiger partial charge in [0.15, 0.2) is 0 Å². The topological polar surface area (TPSA) is 49.6 Å². The van der Waals surface area contributed by atoms with Crippen LogP contribution in [0.25, 0.3) is 11.3 Å². The average molecular weight is 458 g/mol. The van der Waals surface area contributed by atoms with Crippen LogP contribution in [-0.2, 0) is 13.1 Å². The second kappa shape index (κ2) is 10.8. The normalized spacial score (nSPS) is 10.8. The number of halogens is 1. The zero-order valence-electron chi connectivity index (χ0n) is 19.4. The van der Waals surface area contributed by atoms with Gasteiger partial charge in [-0.15, -0.1) is 0 Å². The zero-order valence-corrected chi connectivity index (χ0v) is 19.4. The molecule has 1 amide bonds. The Balaban J connectivity index is 1.79. The third-order valence-electron chi connectivity index (χ3n) is 5.82. The van der Waals surface area contributed by atoms with Gasteiger partial charge < -0.3 is 14.3 Å². The van der Waals surface area contributed by atoms with Crippen molar-refractivity contribution in [1.29, 1.82) is 0 Å². The molecule has 0 unspecified atom stereocenters. The summed E-state index contributed by atoms with van der Waals surface area (Å²) >= 11 is 0. The Kier molecular flexibility index (Phi) is 7.38. The molecule has 1 heterocycles. The minimum absolute atomic E-state index is 0.0422. The van der Waals surface area contributed by atoms with E-state index in [-0.39, 0.29) is 18.0 Å². The Hall–Kier alpha value is -3.93. The van der Waals surface area contributed by atoms with Gasteiger partial charge in [0, 0.05) is 25.2 Å². The molecule has 6 heteroatoms. The van der Waals surface area contributed by atoms with E-state index in [0.29, 0.717) is 18.1 Å². The van der Waals surface area contributed by atoms with Crippen molar-refractivity contribution < 1.29 is 13.7 Å². The van der Waals surface area contributed by atoms with E-state index in [9.17, 15) is 9.18 Å². The summed E-state index contributed by atoms with van der Waals surface area (Å²) in [6, 6.07) is 25.5. The van der Waals surface area contributed by atoms with E-state index in [1.54, 1.807) is 17.0 Å². The van der Waals surface area contributed by atoms with Gasteiger partial charge in [0.25, 0.3) is 5.91 Å². The van der Waals surface area contributed by atoms with Gasteiger partial charge in [-0.05, 0) is 31.5 Å². The molecule has 4 rings (SSSR count). The molecule has 0 atom stereocenters. The summed E-state index contributed by atoms with van der Waals surface area (Å²) in [5.41, 5.74) is 3.38. The van der Waals surface area contributed by atoms with Crippen molar-refractivity contribution in [2.75, 3.05) is 18.0 Å². The highest BCUT2D eigenvalue weighted by atomic mass is 19.1. The number of carbonyl (C=O) groups is 1. The fourth-order valence-electron chi connectivity index (χ4n) is 4.02. The Morgan fingerprint density at radius 2 is 1.47 bits per heavy atom. The monoisotopic (exact) mass is 457 g/mol. The first-order valence-corrected chi connectivity index (χ1v) is 11.5. The highest BCUT2D eigenvalue weighted by Gasteiger charge is 2.27. The van der Waals surface area contributed by atoms with Crippen LogP contribution in [0.1, 0.15) is 35.3 Å². The minimum atomic E-state index is -0.539. The molecular formula is C28H28FN3O2. The molecule has 0 spiro atoms. The van der Waals surface area contributed by atoms with Gasteiger partial charge in [-0.2, -0.15) is 0 Å². The van der Waals surface area contributed by atoms with E-state index in [2.05, 4.69) is 10.1 Å². The Bertz CT molecular complexity index is 1220. The molecule has 174 valence electrons. The summed E-state index contributed by atoms with van der Waals surface area (Å²) in [6.45, 7) is 6.10. The van der Waals surface area contributed by atoms with Crippen molar-refractivity contribution in [2.45, 2.75) is 26.9 Å². The van der Waals surface area contributed by atoms with Crippen molar-refractivity contribution in [3.63, 3.8) is 0 Å². The number of benzene rings is 3. The van der Waals surface area contributed by atoms with Gasteiger partial charge in [-0.1, -0.05) is 78.0 Å². The van der Waals surface area contributed by atoms with Gasteiger partial charge in [0.05, 0.1) is 17.7 Å². The van der Waals surface area contributed by atoms with Gasteiger partial charge in [-0.25, -0.2) is 4.39 Å². The predicted octanol–water partition coefficient (Wildman–Crippen LogP) is 6.17. The van der Waals surface area contributed by atoms with E-state index in [4.69, 9.17) is 4.52 Å². The molecule has 3 aromatic carbocycles. The second-order valence-corrected chi connectivity index (χ2v) is 7.98. The van der Waals surface area contributed by atoms with Crippen LogP contribution in [0.2, 0.25) is 0 Å². The summed E-state index contributed by atoms with van der Waals surface area (Å²) in [4.78, 5) is 17.3. The smallest absolute Gasteiger partial charge is 0.257 e. The summed E-state index contributed by atoms with van der Waals surface area (Å²) < 4.78 is 20.4. The molecule has 4 aromatic rings. The lowest BCUT2D eigenvalue weighted by Gasteiger charge is -2.25. The lowest BCUT2D eigenvalue weighted by atomic mass is 10.1. The first-order valence-electron chi connectivity index (χ1n) is 11.5. The Labute approximate surface area is 199 Å². The van der Waals surface area contributed by atoms with Crippen LogP contribution in [0.3, 0.4) is 0 Å². The van der Waals surface area contributed by atoms with E-state index < -0.39 is 5.82 Å². The van der Waals surface area contributed by atoms with Gasteiger partial charge in [0.1, 0.15) is 11.5 Å². The minimum Gasteiger partial charge on any atom is -0.341 e. The lowest BCUT2D eigenvalue weighted by Crippen LogP contribution is -2.32. The van der Waals surface area contributed by atoms with Crippen molar-refractivity contribution in [3.8, 4) is 11.3 Å². The molecular weight excluding hydrogens is 429 g/mol. The molecule has 0 bridgehead atoms. The average Bonchev–Trinajstić information content (AvgIpc) is 3.29. The van der Waals surface area contributed by atoms with Crippen LogP contribution in [0.15, 0.2) is 89.5 Å². The van der Waals surface area contributed by atoms with Gasteiger partial charge >= 0.3 is 0 Å². The summed E-state index contributed by atoms with van der Waals surface area (Å²) in [6.07, 6.45) is 0. The quantitative estimate of drug-likeness (QED) is 0.302. The first kappa shape index (κ1) is 23.2. The summed E-state index contributed by atoms with van der Waals surface area (Å²) in [7, 11) is 0. The Morgan fingerprint density at radius 3 is 2.12 bits per heavy atom. The molecule has 34 heavy (non-hydrogen) atoms. The fourth-order valence-corrected chi connectivity index (χ4v) is 4.02. The number of rotatable bonds is 9. The molecule has 0 radical (unpaired) electrons. The number of hydrogen-bond donors (Lipinski definition) is 0. The van der Waals surface area contributed by atoms with E-state index in [1.807, 2.05) is 74.5 Å². The van der Waals surface area contributed by atoms with Crippen molar-refractivity contribution in [1.82, 2.24) is 10.1 Å². The molecule has 1 aromatic heterocycles. The van der Waals surface area contributed by atoms with Crippen molar-refractivity contribution in [2.24, 2.45) is 0 Å². The van der Waals surface area contributed by atoms with Gasteiger partial charge in [-0.3, -0.25) is 4.79 Å². The highest BCUT2D eigenvalue weighted by Crippen LogP contribution is 2.33. The molecule has 5 nitrogen and oxygen atoms in total. The van der Waals surface area contributed by atoms with E-state index in [1.165, 1.54) is 12.1 Å². The molecule has 0 N–H and O–H groups in total. The lowest BCUT2D eigenvalue weighted by molar-refractivity contribution is 0.0725. The third-order valence-corrected chi connectivity index (χ3v) is 5.82. The van der Waals surface area contributed by atoms with Crippen LogP contribution >= 0.6 is 0 Å². The van der Waals surface area contributed by atoms with Crippen LogP contribution in [0.4, 0.5) is 10.3 Å². The maximum Gasteiger partial charge on any atom is 0.257 e. The second-order valence-electron chi connectivity index (χ2n) is 7.98. The first-order chi connectivity index (χ1) is 16.6. The fraction of sp³-hybridized carbons (Fsp3) is 0.214. The maximum atomic E-state index is 14.6. The van der Waals surface area contributed by atoms with Gasteiger partial charge in [0.2, 0.25) is 5.88 Å². The largest absolute Gasteiger partial charge is 0.341 e.